The van der Waals surface area contributed by atoms with Crippen molar-refractivity contribution < 1.29 is 24.2 Å². The highest BCUT2D eigenvalue weighted by molar-refractivity contribution is 5.96. The van der Waals surface area contributed by atoms with E-state index in [0.717, 1.165) is 27.7 Å². The molecule has 0 saturated heterocycles. The Morgan fingerprint density at radius 1 is 0.971 bits per heavy atom. The van der Waals surface area contributed by atoms with Gasteiger partial charge in [-0.15, -0.1) is 0 Å². The first kappa shape index (κ1) is 25.0. The number of hydrogen-bond acceptors (Lipinski definition) is 7. The van der Waals surface area contributed by atoms with Crippen molar-refractivity contribution in [3.05, 3.63) is 71.8 Å². The number of aryl methyl sites for hydroxylation is 1. The van der Waals surface area contributed by atoms with Crippen LogP contribution >= 0.6 is 0 Å². The maximum absolute atomic E-state index is 10.7. The number of anilines is 2. The summed E-state index contributed by atoms with van der Waals surface area (Å²) in [4.78, 5) is 30.2. The largest absolute Gasteiger partial charge is 0.493 e. The number of aromatic nitrogens is 2. The molecule has 0 aliphatic heterocycles. The Kier molecular flexibility index (Phi) is 8.18. The Balaban J connectivity index is 0.000000287. The van der Waals surface area contributed by atoms with E-state index >= 15 is 0 Å². The fourth-order valence-electron chi connectivity index (χ4n) is 3.42. The number of carbonyl (C=O) groups is 2. The van der Waals surface area contributed by atoms with Gasteiger partial charge in [0.1, 0.15) is 0 Å². The van der Waals surface area contributed by atoms with Gasteiger partial charge < -0.3 is 25.2 Å². The van der Waals surface area contributed by atoms with Crippen LogP contribution in [0.15, 0.2) is 60.7 Å². The topological polar surface area (TPSA) is 123 Å². The van der Waals surface area contributed by atoms with Crippen molar-refractivity contribution in [2.24, 2.45) is 0 Å². The number of nitrogens with one attached hydrogen (secondary N) is 2. The normalized spacial score (nSPS) is 10.1. The number of ether oxygens (including phenoxy) is 2. The molecule has 0 radical (unpaired) electrons. The molecule has 0 aliphatic carbocycles. The lowest BCUT2D eigenvalue weighted by Crippen LogP contribution is -2.01. The minimum Gasteiger partial charge on any atom is -0.493 e. The highest BCUT2D eigenvalue weighted by atomic mass is 16.5. The fourth-order valence-corrected chi connectivity index (χ4v) is 3.42. The van der Waals surface area contributed by atoms with Crippen molar-refractivity contribution in [1.29, 1.82) is 0 Å². The van der Waals surface area contributed by atoms with Crippen LogP contribution in [0, 0.1) is 6.92 Å². The number of carboxylic acids is 1. The average Bonchev–Trinajstić information content (AvgIpc) is 2.88. The van der Waals surface area contributed by atoms with Crippen molar-refractivity contribution in [3.8, 4) is 22.8 Å². The molecule has 1 amide bonds. The molecule has 180 valence electrons. The van der Waals surface area contributed by atoms with Crippen LogP contribution in [0.3, 0.4) is 0 Å². The lowest BCUT2D eigenvalue weighted by molar-refractivity contribution is -0.105. The Morgan fingerprint density at radius 2 is 1.69 bits per heavy atom. The lowest BCUT2D eigenvalue weighted by Gasteiger charge is -2.13. The highest BCUT2D eigenvalue weighted by Gasteiger charge is 2.14. The first-order valence-electron chi connectivity index (χ1n) is 10.6. The summed E-state index contributed by atoms with van der Waals surface area (Å²) < 4.78 is 10.8. The maximum atomic E-state index is 10.7. The molecule has 0 saturated carbocycles. The van der Waals surface area contributed by atoms with Gasteiger partial charge in [-0.05, 0) is 36.8 Å². The number of carbonyl (C=O) groups excluding carboxylic acids is 1. The molecule has 9 nitrogen and oxygen atoms in total. The molecule has 3 N–H and O–H groups in total. The van der Waals surface area contributed by atoms with Gasteiger partial charge in [-0.1, -0.05) is 30.3 Å². The maximum Gasteiger partial charge on any atom is 0.335 e. The summed E-state index contributed by atoms with van der Waals surface area (Å²) in [5.74, 6) is 0.818. The van der Waals surface area contributed by atoms with Gasteiger partial charge in [0.05, 0.1) is 31.0 Å². The Bertz CT molecular complexity index is 1360. The first-order valence-corrected chi connectivity index (χ1v) is 10.6. The van der Waals surface area contributed by atoms with E-state index in [1.807, 2.05) is 42.5 Å². The van der Waals surface area contributed by atoms with Gasteiger partial charge in [0.15, 0.2) is 11.5 Å². The van der Waals surface area contributed by atoms with Gasteiger partial charge in [-0.25, -0.2) is 14.8 Å². The number of rotatable bonds is 7. The zero-order valence-corrected chi connectivity index (χ0v) is 19.8. The number of carboxylic acid groups (broad SMARTS) is 1. The van der Waals surface area contributed by atoms with Crippen molar-refractivity contribution >= 4 is 34.9 Å². The van der Waals surface area contributed by atoms with Crippen LogP contribution in [0.2, 0.25) is 0 Å². The molecule has 0 atom stereocenters. The number of amides is 1. The minimum atomic E-state index is -0.863. The van der Waals surface area contributed by atoms with Gasteiger partial charge in [0, 0.05) is 29.8 Å². The Labute approximate surface area is 202 Å². The summed E-state index contributed by atoms with van der Waals surface area (Å²) in [7, 11) is 4.93. The molecule has 0 aliphatic rings. The molecule has 9 heteroatoms. The molecule has 4 rings (SSSR count). The molecule has 35 heavy (non-hydrogen) atoms. The molecule has 1 aromatic heterocycles. The third-order valence-corrected chi connectivity index (χ3v) is 5.16. The summed E-state index contributed by atoms with van der Waals surface area (Å²) >= 11 is 0. The van der Waals surface area contributed by atoms with Crippen molar-refractivity contribution in [3.63, 3.8) is 0 Å². The second-order valence-corrected chi connectivity index (χ2v) is 7.33. The summed E-state index contributed by atoms with van der Waals surface area (Å²) in [5.41, 5.74) is 4.16. The fraction of sp³-hybridized carbons (Fsp3) is 0.154. The van der Waals surface area contributed by atoms with Crippen molar-refractivity contribution in [2.45, 2.75) is 6.92 Å². The lowest BCUT2D eigenvalue weighted by atomic mass is 10.1. The van der Waals surface area contributed by atoms with Gasteiger partial charge in [0.2, 0.25) is 12.4 Å². The smallest absolute Gasteiger partial charge is 0.335 e. The summed E-state index contributed by atoms with van der Waals surface area (Å²) in [5, 5.41) is 15.0. The van der Waals surface area contributed by atoms with Crippen LogP contribution in [-0.2, 0) is 4.79 Å². The van der Waals surface area contributed by atoms with Gasteiger partial charge in [0.25, 0.3) is 0 Å². The first-order chi connectivity index (χ1) is 16.9. The number of benzene rings is 3. The van der Waals surface area contributed by atoms with Crippen LogP contribution in [0.5, 0.6) is 11.5 Å². The standard InChI is InChI=1S/C18H18N4O3.C8H8O2/c1-19-18-21-14-9-16(25-3)15(24-2)8-13(14)17(22-18)11-5-4-6-12(7-11)20-10-23;1-6-4-2-3-5-7(6)8(9)10/h4-10H,1-3H3,(H,20,23)(H,19,21,22);2-5H,1H3,(H,9,10). The van der Waals surface area contributed by atoms with E-state index in [1.54, 1.807) is 46.4 Å². The molecule has 4 aromatic rings. The van der Waals surface area contributed by atoms with Crippen LogP contribution < -0.4 is 20.1 Å². The third-order valence-electron chi connectivity index (χ3n) is 5.16. The monoisotopic (exact) mass is 474 g/mol. The van der Waals surface area contributed by atoms with Crippen molar-refractivity contribution in [1.82, 2.24) is 9.97 Å². The van der Waals surface area contributed by atoms with Gasteiger partial charge >= 0.3 is 5.97 Å². The molecule has 3 aromatic carbocycles. The SMILES string of the molecule is CNc1nc(-c2cccc(NC=O)c2)c2cc(OC)c(OC)cc2n1.Cc1ccccc1C(=O)O. The molecule has 1 heterocycles. The average molecular weight is 475 g/mol. The van der Waals surface area contributed by atoms with Crippen LogP contribution in [0.1, 0.15) is 15.9 Å². The third kappa shape index (κ3) is 5.83. The minimum absolute atomic E-state index is 0.377. The second-order valence-electron chi connectivity index (χ2n) is 7.33. The van der Waals surface area contributed by atoms with Crippen LogP contribution in [0.4, 0.5) is 11.6 Å². The number of fused-ring (bicyclic) bond motifs is 1. The number of hydrogen-bond donors (Lipinski definition) is 3. The second kappa shape index (κ2) is 11.5. The molecule has 0 bridgehead atoms. The van der Waals surface area contributed by atoms with E-state index in [2.05, 4.69) is 20.6 Å². The number of nitrogens with zero attached hydrogens (tertiary/aromatic N) is 2. The highest BCUT2D eigenvalue weighted by Crippen LogP contribution is 2.36. The van der Waals surface area contributed by atoms with E-state index in [1.165, 1.54) is 0 Å². The summed E-state index contributed by atoms with van der Waals surface area (Å²) in [6, 6.07) is 18.0. The quantitative estimate of drug-likeness (QED) is 0.332. The predicted octanol–water partition coefficient (Wildman–Crippen LogP) is 4.62. The van der Waals surface area contributed by atoms with E-state index in [9.17, 15) is 9.59 Å². The Morgan fingerprint density at radius 3 is 2.29 bits per heavy atom. The van der Waals surface area contributed by atoms with E-state index in [-0.39, 0.29) is 0 Å². The Hall–Kier alpha value is -4.66. The van der Waals surface area contributed by atoms with E-state index in [4.69, 9.17) is 14.6 Å². The summed E-state index contributed by atoms with van der Waals surface area (Å²) in [6.07, 6.45) is 0.643. The van der Waals surface area contributed by atoms with E-state index in [0.29, 0.717) is 35.1 Å². The van der Waals surface area contributed by atoms with E-state index < -0.39 is 5.97 Å². The van der Waals surface area contributed by atoms with Gasteiger partial charge in [-0.3, -0.25) is 4.79 Å². The molecule has 0 spiro atoms. The molecular formula is C26H26N4O5. The zero-order valence-electron chi connectivity index (χ0n) is 19.8. The molecular weight excluding hydrogens is 448 g/mol. The predicted molar refractivity (Wildman–Crippen MR) is 135 cm³/mol. The number of aromatic carboxylic acids is 1. The molecule has 0 fully saturated rings. The van der Waals surface area contributed by atoms with Crippen LogP contribution in [-0.4, -0.2) is 48.7 Å². The summed E-state index contributed by atoms with van der Waals surface area (Å²) in [6.45, 7) is 1.78. The van der Waals surface area contributed by atoms with Crippen LogP contribution in [0.25, 0.3) is 22.2 Å². The van der Waals surface area contributed by atoms with Gasteiger partial charge in [-0.2, -0.15) is 0 Å². The molecule has 0 unspecified atom stereocenters. The van der Waals surface area contributed by atoms with Crippen molar-refractivity contribution in [2.75, 3.05) is 31.9 Å². The number of methoxy groups -OCH3 is 2. The zero-order chi connectivity index (χ0) is 25.4.